The van der Waals surface area contributed by atoms with Crippen LogP contribution in [0, 0.1) is 5.92 Å². The maximum absolute atomic E-state index is 5.22. The van der Waals surface area contributed by atoms with Gasteiger partial charge in [-0.2, -0.15) is 0 Å². The summed E-state index contributed by atoms with van der Waals surface area (Å²) in [5.74, 6) is 3.46. The van der Waals surface area contributed by atoms with Crippen molar-refractivity contribution in [2.75, 3.05) is 0 Å². The van der Waals surface area contributed by atoms with E-state index in [1.54, 1.807) is 0 Å². The molecule has 8 rings (SSSR count). The molecule has 4 heteroatoms. The highest BCUT2D eigenvalue weighted by atomic mass is 15.1. The van der Waals surface area contributed by atoms with E-state index in [1.165, 1.54) is 90.7 Å². The highest BCUT2D eigenvalue weighted by Crippen LogP contribution is 2.36. The van der Waals surface area contributed by atoms with E-state index in [1.807, 2.05) is 0 Å². The van der Waals surface area contributed by atoms with Gasteiger partial charge in [0.25, 0.3) is 0 Å². The summed E-state index contributed by atoms with van der Waals surface area (Å²) in [4.78, 5) is 10.4. The van der Waals surface area contributed by atoms with E-state index < -0.39 is 0 Å². The minimum atomic E-state index is -0.373. The van der Waals surface area contributed by atoms with Gasteiger partial charge < -0.3 is 9.13 Å². The van der Waals surface area contributed by atoms with Gasteiger partial charge in [0.05, 0.1) is 22.4 Å². The molecule has 0 atom stereocenters. The third-order valence-corrected chi connectivity index (χ3v) is 10.5. The van der Waals surface area contributed by atoms with Gasteiger partial charge in [0.2, 0.25) is 0 Å². The molecule has 4 aromatic heterocycles. The molecule has 0 aliphatic heterocycles. The van der Waals surface area contributed by atoms with Crippen LogP contribution in [0.4, 0.5) is 0 Å². The van der Waals surface area contributed by atoms with Crippen LogP contribution in [0.25, 0.3) is 33.4 Å². The van der Waals surface area contributed by atoms with Crippen molar-refractivity contribution in [1.82, 2.24) is 19.1 Å². The lowest BCUT2D eigenvalue weighted by Gasteiger charge is -2.25. The minimum Gasteiger partial charge on any atom is -0.301 e. The SMILES string of the molecule is CC(C)(c1cccc(-n2ccc3cc(CC4CCCC4)ccc32)n1)c1cccc(-n2ccc3cc(C4CCCC4)ccc32)n1. The van der Waals surface area contributed by atoms with Gasteiger partial charge in [-0.1, -0.05) is 62.8 Å². The molecule has 0 N–H and O–H groups in total. The number of rotatable bonds is 7. The van der Waals surface area contributed by atoms with Gasteiger partial charge in [0.1, 0.15) is 11.6 Å². The van der Waals surface area contributed by atoms with E-state index in [9.17, 15) is 0 Å². The molecule has 0 bridgehead atoms. The Morgan fingerprint density at radius 3 is 1.84 bits per heavy atom. The zero-order valence-corrected chi connectivity index (χ0v) is 26.0. The summed E-state index contributed by atoms with van der Waals surface area (Å²) < 4.78 is 4.45. The number of hydrogen-bond donors (Lipinski definition) is 0. The number of aromatic nitrogens is 4. The molecule has 4 nitrogen and oxygen atoms in total. The van der Waals surface area contributed by atoms with Crippen molar-refractivity contribution >= 4 is 21.8 Å². The summed E-state index contributed by atoms with van der Waals surface area (Å²) in [5.41, 5.74) is 7.01. The molecule has 2 aliphatic rings. The van der Waals surface area contributed by atoms with Gasteiger partial charge in [0, 0.05) is 28.6 Å². The first kappa shape index (κ1) is 27.4. The van der Waals surface area contributed by atoms with Gasteiger partial charge in [-0.25, -0.2) is 9.97 Å². The van der Waals surface area contributed by atoms with E-state index in [0.717, 1.165) is 34.9 Å². The molecule has 2 aromatic carbocycles. The van der Waals surface area contributed by atoms with Gasteiger partial charge in [-0.3, -0.25) is 0 Å². The van der Waals surface area contributed by atoms with Gasteiger partial charge in [-0.15, -0.1) is 0 Å². The molecular weight excluding hydrogens is 536 g/mol. The number of pyridine rings is 2. The smallest absolute Gasteiger partial charge is 0.137 e. The lowest BCUT2D eigenvalue weighted by molar-refractivity contribution is 0.547. The van der Waals surface area contributed by atoms with E-state index in [4.69, 9.17) is 9.97 Å². The third-order valence-electron chi connectivity index (χ3n) is 10.5. The quantitative estimate of drug-likeness (QED) is 0.189. The molecule has 44 heavy (non-hydrogen) atoms. The van der Waals surface area contributed by atoms with E-state index in [2.05, 4.69) is 120 Å². The van der Waals surface area contributed by atoms with Crippen LogP contribution in [-0.2, 0) is 11.8 Å². The van der Waals surface area contributed by atoms with Gasteiger partial charge in [-0.05, 0) is 117 Å². The van der Waals surface area contributed by atoms with Crippen molar-refractivity contribution in [3.05, 3.63) is 120 Å². The van der Waals surface area contributed by atoms with Crippen molar-refractivity contribution < 1.29 is 0 Å². The fourth-order valence-corrected chi connectivity index (χ4v) is 7.88. The standard InChI is InChI=1S/C40H42N4/c1-40(2,37-14-8-16-39(42-37)44-24-22-33-27-31(18-20-35(33)44)30-11-5-6-12-30)36-13-7-15-38(41-36)43-23-21-32-26-29(17-19-34(32)43)25-28-9-3-4-10-28/h7-8,13-24,26-28,30H,3-6,9-12,25H2,1-2H3. The van der Waals surface area contributed by atoms with E-state index in [-0.39, 0.29) is 5.41 Å². The Kier molecular flexibility index (Phi) is 6.89. The lowest BCUT2D eigenvalue weighted by atomic mass is 9.84. The fourth-order valence-electron chi connectivity index (χ4n) is 7.88. The first-order chi connectivity index (χ1) is 21.5. The second kappa shape index (κ2) is 11.1. The topological polar surface area (TPSA) is 35.6 Å². The molecule has 6 aromatic rings. The van der Waals surface area contributed by atoms with Gasteiger partial charge in [0.15, 0.2) is 0 Å². The fraction of sp³-hybridized carbons (Fsp3) is 0.350. The summed E-state index contributed by atoms with van der Waals surface area (Å²) in [6, 6.07) is 31.2. The Morgan fingerprint density at radius 1 is 0.636 bits per heavy atom. The van der Waals surface area contributed by atoms with Crippen molar-refractivity contribution in [2.45, 2.75) is 83.0 Å². The average molecular weight is 579 g/mol. The highest BCUT2D eigenvalue weighted by Gasteiger charge is 2.28. The highest BCUT2D eigenvalue weighted by molar-refractivity contribution is 5.83. The molecular formula is C40H42N4. The van der Waals surface area contributed by atoms with Crippen molar-refractivity contribution in [1.29, 1.82) is 0 Å². The van der Waals surface area contributed by atoms with Crippen molar-refractivity contribution in [3.8, 4) is 11.6 Å². The predicted octanol–water partition coefficient (Wildman–Crippen LogP) is 10.1. The Hall–Kier alpha value is -4.18. The Morgan fingerprint density at radius 2 is 1.20 bits per heavy atom. The largest absolute Gasteiger partial charge is 0.301 e. The average Bonchev–Trinajstić information content (AvgIpc) is 3.88. The molecule has 0 saturated heterocycles. The van der Waals surface area contributed by atoms with Crippen LogP contribution in [0.5, 0.6) is 0 Å². The Balaban J connectivity index is 1.08. The van der Waals surface area contributed by atoms with Crippen LogP contribution in [0.1, 0.15) is 93.6 Å². The molecule has 0 spiro atoms. The second-order valence-corrected chi connectivity index (χ2v) is 13.8. The third kappa shape index (κ3) is 4.95. The van der Waals surface area contributed by atoms with Crippen LogP contribution in [0.2, 0.25) is 0 Å². The van der Waals surface area contributed by atoms with Crippen LogP contribution in [0.15, 0.2) is 97.3 Å². The number of fused-ring (bicyclic) bond motifs is 2. The number of nitrogens with zero attached hydrogens (tertiary/aromatic N) is 4. The molecule has 0 unspecified atom stereocenters. The second-order valence-electron chi connectivity index (χ2n) is 13.8. The van der Waals surface area contributed by atoms with Crippen molar-refractivity contribution in [3.63, 3.8) is 0 Å². The van der Waals surface area contributed by atoms with Crippen LogP contribution < -0.4 is 0 Å². The van der Waals surface area contributed by atoms with Gasteiger partial charge >= 0.3 is 0 Å². The molecule has 2 saturated carbocycles. The monoisotopic (exact) mass is 578 g/mol. The van der Waals surface area contributed by atoms with E-state index in [0.29, 0.717) is 0 Å². The van der Waals surface area contributed by atoms with E-state index >= 15 is 0 Å². The molecule has 2 fully saturated rings. The minimum absolute atomic E-state index is 0.373. The summed E-state index contributed by atoms with van der Waals surface area (Å²) in [6.45, 7) is 4.46. The van der Waals surface area contributed by atoms with Crippen LogP contribution in [0.3, 0.4) is 0 Å². The number of benzene rings is 2. The van der Waals surface area contributed by atoms with Crippen LogP contribution in [-0.4, -0.2) is 19.1 Å². The maximum Gasteiger partial charge on any atom is 0.137 e. The Labute approximate surface area is 260 Å². The van der Waals surface area contributed by atoms with Crippen LogP contribution >= 0.6 is 0 Å². The number of hydrogen-bond acceptors (Lipinski definition) is 2. The zero-order chi connectivity index (χ0) is 29.7. The molecule has 0 amide bonds. The predicted molar refractivity (Wildman–Crippen MR) is 181 cm³/mol. The maximum atomic E-state index is 5.22. The lowest BCUT2D eigenvalue weighted by Crippen LogP contribution is -2.23. The molecule has 2 aliphatic carbocycles. The first-order valence-electron chi connectivity index (χ1n) is 16.7. The van der Waals surface area contributed by atoms with Crippen molar-refractivity contribution in [2.24, 2.45) is 5.92 Å². The summed E-state index contributed by atoms with van der Waals surface area (Å²) in [7, 11) is 0. The summed E-state index contributed by atoms with van der Waals surface area (Å²) >= 11 is 0. The summed E-state index contributed by atoms with van der Waals surface area (Å²) in [5, 5.41) is 2.58. The Bertz CT molecular complexity index is 1950. The molecule has 4 heterocycles. The zero-order valence-electron chi connectivity index (χ0n) is 26.0. The first-order valence-corrected chi connectivity index (χ1v) is 16.7. The normalized spacial score (nSPS) is 16.5. The summed E-state index contributed by atoms with van der Waals surface area (Å²) in [6.07, 6.45) is 16.4. The molecule has 0 radical (unpaired) electrons. The molecule has 222 valence electrons.